The van der Waals surface area contributed by atoms with Crippen LogP contribution in [0.25, 0.3) is 0 Å². The van der Waals surface area contributed by atoms with Gasteiger partial charge in [0.15, 0.2) is 5.78 Å². The van der Waals surface area contributed by atoms with Gasteiger partial charge in [0, 0.05) is 23.6 Å². The number of ketones is 1. The topological polar surface area (TPSA) is 96.6 Å². The van der Waals surface area contributed by atoms with E-state index in [2.05, 4.69) is 18.2 Å². The summed E-state index contributed by atoms with van der Waals surface area (Å²) in [6.45, 7) is 0.290. The third-order valence-electron chi connectivity index (χ3n) is 6.58. The molecule has 5 rings (SSSR count). The lowest BCUT2D eigenvalue weighted by Gasteiger charge is -2.24. The zero-order chi connectivity index (χ0) is 23.7. The van der Waals surface area contributed by atoms with Crippen LogP contribution in [0.4, 0.5) is 0 Å². The van der Waals surface area contributed by atoms with Crippen LogP contribution in [-0.2, 0) is 17.6 Å². The third kappa shape index (κ3) is 4.25. The van der Waals surface area contributed by atoms with Crippen LogP contribution < -0.4 is 9.47 Å². The van der Waals surface area contributed by atoms with Gasteiger partial charge in [0.25, 0.3) is 0 Å². The second-order valence-electron chi connectivity index (χ2n) is 8.82. The highest BCUT2D eigenvalue weighted by molar-refractivity contribution is 5.96. The standard InChI is InChI=1S/C28H23NO5/c29-16-21-14-24-23(28(31)32)9-10-33-27(24)15-26(21)34-22-7-5-18(6-8-22)25(30)13-17-11-19-3-1-2-4-20(19)12-17/h1-8,14-15,17,23H,9-13H2,(H,31,32). The zero-order valence-corrected chi connectivity index (χ0v) is 18.5. The Balaban J connectivity index is 1.29. The minimum absolute atomic E-state index is 0.101. The number of carboxylic acids is 1. The second-order valence-corrected chi connectivity index (χ2v) is 8.82. The lowest BCUT2D eigenvalue weighted by atomic mass is 9.91. The van der Waals surface area contributed by atoms with Gasteiger partial charge < -0.3 is 14.6 Å². The van der Waals surface area contributed by atoms with Gasteiger partial charge in [-0.3, -0.25) is 9.59 Å². The van der Waals surface area contributed by atoms with Crippen molar-refractivity contribution >= 4 is 11.8 Å². The fourth-order valence-corrected chi connectivity index (χ4v) is 4.86. The van der Waals surface area contributed by atoms with Gasteiger partial charge in [-0.15, -0.1) is 0 Å². The Hall–Kier alpha value is -4.11. The Morgan fingerprint density at radius 1 is 1.06 bits per heavy atom. The minimum Gasteiger partial charge on any atom is -0.493 e. The van der Waals surface area contributed by atoms with Crippen molar-refractivity contribution in [2.75, 3.05) is 6.61 Å². The monoisotopic (exact) mass is 453 g/mol. The first-order chi connectivity index (χ1) is 16.5. The number of carboxylic acid groups (broad SMARTS) is 1. The molecular formula is C28H23NO5. The van der Waals surface area contributed by atoms with Crippen molar-refractivity contribution < 1.29 is 24.2 Å². The van der Waals surface area contributed by atoms with Crippen molar-refractivity contribution in [1.29, 1.82) is 5.26 Å². The molecular weight excluding hydrogens is 430 g/mol. The largest absolute Gasteiger partial charge is 0.493 e. The normalized spacial score (nSPS) is 16.6. The maximum Gasteiger partial charge on any atom is 0.311 e. The number of aliphatic carboxylic acids is 1. The van der Waals surface area contributed by atoms with Gasteiger partial charge in [-0.05, 0) is 66.6 Å². The molecule has 0 radical (unpaired) electrons. The molecule has 0 bridgehead atoms. The number of ether oxygens (including phenoxy) is 2. The smallest absolute Gasteiger partial charge is 0.311 e. The van der Waals surface area contributed by atoms with Gasteiger partial charge >= 0.3 is 5.97 Å². The number of carbonyl (C=O) groups is 2. The van der Waals surface area contributed by atoms with E-state index < -0.39 is 11.9 Å². The van der Waals surface area contributed by atoms with Gasteiger partial charge in [-0.25, -0.2) is 0 Å². The van der Waals surface area contributed by atoms with Gasteiger partial charge in [0.1, 0.15) is 23.3 Å². The lowest BCUT2D eigenvalue weighted by Crippen LogP contribution is -2.21. The molecule has 1 atom stereocenters. The second kappa shape index (κ2) is 9.03. The van der Waals surface area contributed by atoms with Crippen molar-refractivity contribution in [1.82, 2.24) is 0 Å². The molecule has 1 aliphatic heterocycles. The molecule has 6 heteroatoms. The number of benzene rings is 3. The Morgan fingerprint density at radius 3 is 2.41 bits per heavy atom. The summed E-state index contributed by atoms with van der Waals surface area (Å²) < 4.78 is 11.5. The molecule has 2 aliphatic rings. The Labute approximate surface area is 197 Å². The van der Waals surface area contributed by atoms with Crippen molar-refractivity contribution in [3.05, 3.63) is 88.5 Å². The van der Waals surface area contributed by atoms with E-state index in [0.29, 0.717) is 41.4 Å². The highest BCUT2D eigenvalue weighted by Gasteiger charge is 2.29. The SMILES string of the molecule is N#Cc1cc2c(cc1Oc1ccc(C(=O)CC3Cc4ccccc4C3)cc1)OCCC2C(=O)O. The number of rotatable bonds is 6. The van der Waals surface area contributed by atoms with Gasteiger partial charge in [-0.2, -0.15) is 5.26 Å². The predicted octanol–water partition coefficient (Wildman–Crippen LogP) is 5.29. The first-order valence-corrected chi connectivity index (χ1v) is 11.3. The van der Waals surface area contributed by atoms with E-state index in [1.54, 1.807) is 30.3 Å². The average molecular weight is 453 g/mol. The number of Topliss-reactive ketones (excluding diaryl/α,β-unsaturated/α-hetero) is 1. The van der Waals surface area contributed by atoms with Crippen LogP contribution in [0.1, 0.15) is 51.4 Å². The van der Waals surface area contributed by atoms with Gasteiger partial charge in [0.2, 0.25) is 0 Å². The molecule has 3 aromatic rings. The molecule has 3 aromatic carbocycles. The average Bonchev–Trinajstić information content (AvgIpc) is 3.25. The molecule has 1 heterocycles. The minimum atomic E-state index is -0.941. The molecule has 0 saturated carbocycles. The summed E-state index contributed by atoms with van der Waals surface area (Å²) in [7, 11) is 0. The highest BCUT2D eigenvalue weighted by Crippen LogP contribution is 2.40. The molecule has 170 valence electrons. The number of hydrogen-bond acceptors (Lipinski definition) is 5. The van der Waals surface area contributed by atoms with Crippen LogP contribution in [0.2, 0.25) is 0 Å². The number of fused-ring (bicyclic) bond motifs is 2. The molecule has 0 saturated heterocycles. The fraction of sp³-hybridized carbons (Fsp3) is 0.250. The molecule has 1 N–H and O–H groups in total. The Kier molecular flexibility index (Phi) is 5.77. The summed E-state index contributed by atoms with van der Waals surface area (Å²) in [5, 5.41) is 19.0. The molecule has 0 amide bonds. The summed E-state index contributed by atoms with van der Waals surface area (Å²) in [5.41, 5.74) is 4.01. The first kappa shape index (κ1) is 21.7. The summed E-state index contributed by atoms with van der Waals surface area (Å²) >= 11 is 0. The zero-order valence-electron chi connectivity index (χ0n) is 18.5. The maximum absolute atomic E-state index is 12.8. The molecule has 1 unspecified atom stereocenters. The van der Waals surface area contributed by atoms with Crippen molar-refractivity contribution in [2.24, 2.45) is 5.92 Å². The predicted molar refractivity (Wildman–Crippen MR) is 124 cm³/mol. The van der Waals surface area contributed by atoms with Crippen molar-refractivity contribution in [2.45, 2.75) is 31.6 Å². The Bertz CT molecular complexity index is 1280. The number of hydrogen-bond donors (Lipinski definition) is 1. The lowest BCUT2D eigenvalue weighted by molar-refractivity contribution is -0.139. The summed E-state index contributed by atoms with van der Waals surface area (Å²) in [6, 6.07) is 20.4. The van der Waals surface area contributed by atoms with E-state index in [-0.39, 0.29) is 23.7 Å². The van der Waals surface area contributed by atoms with E-state index in [4.69, 9.17) is 9.47 Å². The molecule has 0 fully saturated rings. The van der Waals surface area contributed by atoms with E-state index in [1.807, 2.05) is 12.1 Å². The molecule has 1 aliphatic carbocycles. The number of nitriles is 1. The van der Waals surface area contributed by atoms with Crippen LogP contribution in [0, 0.1) is 17.2 Å². The summed E-state index contributed by atoms with van der Waals surface area (Å²) in [5.74, 6) is -0.0428. The number of carbonyl (C=O) groups excluding carboxylic acids is 1. The quantitative estimate of drug-likeness (QED) is 0.510. The number of nitrogens with zero attached hydrogens (tertiary/aromatic N) is 1. The van der Waals surface area contributed by atoms with Crippen LogP contribution in [-0.4, -0.2) is 23.5 Å². The summed E-state index contributed by atoms with van der Waals surface area (Å²) in [4.78, 5) is 24.4. The highest BCUT2D eigenvalue weighted by atomic mass is 16.5. The van der Waals surface area contributed by atoms with E-state index in [0.717, 1.165) is 12.8 Å². The van der Waals surface area contributed by atoms with Crippen LogP contribution in [0.5, 0.6) is 17.2 Å². The first-order valence-electron chi connectivity index (χ1n) is 11.3. The van der Waals surface area contributed by atoms with Crippen LogP contribution >= 0.6 is 0 Å². The fourth-order valence-electron chi connectivity index (χ4n) is 4.86. The molecule has 34 heavy (non-hydrogen) atoms. The van der Waals surface area contributed by atoms with Crippen molar-refractivity contribution in [3.63, 3.8) is 0 Å². The van der Waals surface area contributed by atoms with Crippen LogP contribution in [0.15, 0.2) is 60.7 Å². The van der Waals surface area contributed by atoms with Gasteiger partial charge in [-0.1, -0.05) is 24.3 Å². The Morgan fingerprint density at radius 2 is 1.76 bits per heavy atom. The molecule has 6 nitrogen and oxygen atoms in total. The van der Waals surface area contributed by atoms with Crippen LogP contribution in [0.3, 0.4) is 0 Å². The van der Waals surface area contributed by atoms with E-state index in [9.17, 15) is 20.0 Å². The van der Waals surface area contributed by atoms with Crippen molar-refractivity contribution in [3.8, 4) is 23.3 Å². The van der Waals surface area contributed by atoms with Gasteiger partial charge in [0.05, 0.1) is 18.1 Å². The molecule has 0 spiro atoms. The maximum atomic E-state index is 12.8. The van der Waals surface area contributed by atoms with E-state index >= 15 is 0 Å². The molecule has 0 aromatic heterocycles. The third-order valence-corrected chi connectivity index (χ3v) is 6.58. The summed E-state index contributed by atoms with van der Waals surface area (Å²) in [6.07, 6.45) is 2.72. The van der Waals surface area contributed by atoms with E-state index in [1.165, 1.54) is 17.2 Å².